The van der Waals surface area contributed by atoms with E-state index in [0.717, 1.165) is 23.0 Å². The summed E-state index contributed by atoms with van der Waals surface area (Å²) in [5, 5.41) is 0. The van der Waals surface area contributed by atoms with Gasteiger partial charge in [0.15, 0.2) is 0 Å². The van der Waals surface area contributed by atoms with Gasteiger partial charge in [-0.25, -0.2) is 4.79 Å². The van der Waals surface area contributed by atoms with Gasteiger partial charge in [0.2, 0.25) is 0 Å². The average Bonchev–Trinajstić information content (AvgIpc) is 2.61. The van der Waals surface area contributed by atoms with Crippen molar-refractivity contribution in [3.8, 4) is 16.9 Å². The van der Waals surface area contributed by atoms with Crippen LogP contribution in [0.1, 0.15) is 12.5 Å². The molecule has 0 amide bonds. The maximum Gasteiger partial charge on any atom is 0.330 e. The summed E-state index contributed by atoms with van der Waals surface area (Å²) in [6.45, 7) is 1.76. The molecule has 0 aliphatic carbocycles. The molecule has 0 bridgehead atoms. The molecular weight excluding hydrogens is 314 g/mol. The number of hydrogen-bond donors (Lipinski definition) is 0. The fourth-order valence-corrected chi connectivity index (χ4v) is 2.13. The van der Waals surface area contributed by atoms with Gasteiger partial charge in [-0.3, -0.25) is 0 Å². The molecule has 0 aliphatic heterocycles. The van der Waals surface area contributed by atoms with Crippen molar-refractivity contribution in [3.63, 3.8) is 0 Å². The lowest BCUT2D eigenvalue weighted by molar-refractivity contribution is -0.137. The third kappa shape index (κ3) is 4.41. The van der Waals surface area contributed by atoms with Gasteiger partial charge in [-0.1, -0.05) is 36.4 Å². The SMILES string of the molecule is CCOC(=O)/C=C/C(F)(F)c1ccc(-c2ccc(OC)cc2)cc1. The molecular formula is C19H18F2O3. The number of alkyl halides is 2. The predicted molar refractivity (Wildman–Crippen MR) is 88.1 cm³/mol. The highest BCUT2D eigenvalue weighted by Gasteiger charge is 2.28. The van der Waals surface area contributed by atoms with Crippen molar-refractivity contribution in [3.05, 3.63) is 66.2 Å². The van der Waals surface area contributed by atoms with Crippen LogP contribution in [0.15, 0.2) is 60.7 Å². The highest BCUT2D eigenvalue weighted by Crippen LogP contribution is 2.31. The maximum absolute atomic E-state index is 14.1. The number of methoxy groups -OCH3 is 1. The summed E-state index contributed by atoms with van der Waals surface area (Å²) in [5.74, 6) is -3.30. The normalized spacial score (nSPS) is 11.5. The average molecular weight is 332 g/mol. The third-order valence-corrected chi connectivity index (χ3v) is 3.41. The zero-order chi connectivity index (χ0) is 17.6. The van der Waals surface area contributed by atoms with Gasteiger partial charge in [-0.05, 0) is 36.3 Å². The summed E-state index contributed by atoms with van der Waals surface area (Å²) < 4.78 is 37.8. The van der Waals surface area contributed by atoms with E-state index in [9.17, 15) is 13.6 Å². The number of allylic oxidation sites excluding steroid dienone is 1. The highest BCUT2D eigenvalue weighted by atomic mass is 19.3. The Balaban J connectivity index is 2.16. The van der Waals surface area contributed by atoms with Crippen molar-refractivity contribution in [1.29, 1.82) is 0 Å². The molecule has 0 aromatic heterocycles. The van der Waals surface area contributed by atoms with Crippen LogP contribution in [-0.2, 0) is 15.5 Å². The zero-order valence-electron chi connectivity index (χ0n) is 13.5. The van der Waals surface area contributed by atoms with E-state index in [-0.39, 0.29) is 12.2 Å². The number of carbonyl (C=O) groups is 1. The van der Waals surface area contributed by atoms with Crippen LogP contribution >= 0.6 is 0 Å². The van der Waals surface area contributed by atoms with Gasteiger partial charge in [0.05, 0.1) is 13.7 Å². The molecule has 0 spiro atoms. The van der Waals surface area contributed by atoms with Crippen LogP contribution in [0.5, 0.6) is 5.75 Å². The molecule has 126 valence electrons. The summed E-state index contributed by atoms with van der Waals surface area (Å²) in [5.41, 5.74) is 1.51. The van der Waals surface area contributed by atoms with Crippen LogP contribution in [0.2, 0.25) is 0 Å². The Hall–Kier alpha value is -2.69. The number of ether oxygens (including phenoxy) is 2. The number of benzene rings is 2. The molecule has 0 heterocycles. The van der Waals surface area contributed by atoms with E-state index in [1.807, 2.05) is 12.1 Å². The largest absolute Gasteiger partial charge is 0.497 e. The number of esters is 1. The van der Waals surface area contributed by atoms with E-state index in [1.165, 1.54) is 12.1 Å². The number of hydrogen-bond acceptors (Lipinski definition) is 3. The third-order valence-electron chi connectivity index (χ3n) is 3.41. The predicted octanol–water partition coefficient (Wildman–Crippen LogP) is 4.57. The molecule has 0 N–H and O–H groups in total. The second kappa shape index (κ2) is 7.73. The number of rotatable bonds is 6. The van der Waals surface area contributed by atoms with Gasteiger partial charge in [0, 0.05) is 11.6 Å². The van der Waals surface area contributed by atoms with Gasteiger partial charge in [0.1, 0.15) is 5.75 Å². The second-order valence-electron chi connectivity index (χ2n) is 5.01. The minimum atomic E-state index is -3.24. The Morgan fingerprint density at radius 2 is 1.58 bits per heavy atom. The van der Waals surface area contributed by atoms with Crippen LogP contribution < -0.4 is 4.74 Å². The summed E-state index contributed by atoms with van der Waals surface area (Å²) in [6, 6.07) is 13.2. The van der Waals surface area contributed by atoms with E-state index in [1.54, 1.807) is 38.3 Å². The second-order valence-corrected chi connectivity index (χ2v) is 5.01. The lowest BCUT2D eigenvalue weighted by Crippen LogP contribution is -2.11. The Labute approximate surface area is 139 Å². The Morgan fingerprint density at radius 3 is 2.08 bits per heavy atom. The molecule has 0 unspecified atom stereocenters. The molecule has 0 saturated carbocycles. The minimum Gasteiger partial charge on any atom is -0.497 e. The van der Waals surface area contributed by atoms with Gasteiger partial charge in [0.25, 0.3) is 5.92 Å². The van der Waals surface area contributed by atoms with Crippen molar-refractivity contribution >= 4 is 5.97 Å². The van der Waals surface area contributed by atoms with Crippen molar-refractivity contribution < 1.29 is 23.0 Å². The van der Waals surface area contributed by atoms with Gasteiger partial charge >= 0.3 is 5.97 Å². The first-order valence-corrected chi connectivity index (χ1v) is 7.45. The van der Waals surface area contributed by atoms with Gasteiger partial charge in [-0.2, -0.15) is 8.78 Å². The quantitative estimate of drug-likeness (QED) is 0.574. The molecule has 0 aliphatic rings. The standard InChI is InChI=1S/C19H18F2O3/c1-3-24-18(22)12-13-19(20,21)16-8-4-14(5-9-16)15-6-10-17(23-2)11-7-15/h4-13H,3H2,1-2H3/b13-12+. The first-order chi connectivity index (χ1) is 11.5. The Morgan fingerprint density at radius 1 is 1.04 bits per heavy atom. The van der Waals surface area contributed by atoms with Crippen molar-refractivity contribution in [2.24, 2.45) is 0 Å². The van der Waals surface area contributed by atoms with Gasteiger partial charge < -0.3 is 9.47 Å². The molecule has 0 atom stereocenters. The fourth-order valence-electron chi connectivity index (χ4n) is 2.13. The van der Waals surface area contributed by atoms with Crippen LogP contribution in [0, 0.1) is 0 Å². The smallest absolute Gasteiger partial charge is 0.330 e. The van der Waals surface area contributed by atoms with Crippen LogP contribution in [0.25, 0.3) is 11.1 Å². The molecule has 0 saturated heterocycles. The molecule has 5 heteroatoms. The first-order valence-electron chi connectivity index (χ1n) is 7.45. The summed E-state index contributed by atoms with van der Waals surface area (Å²) in [6.07, 6.45) is 1.30. The lowest BCUT2D eigenvalue weighted by Gasteiger charge is -2.13. The van der Waals surface area contributed by atoms with E-state index in [4.69, 9.17) is 4.74 Å². The van der Waals surface area contributed by atoms with Crippen molar-refractivity contribution in [1.82, 2.24) is 0 Å². The maximum atomic E-state index is 14.1. The Kier molecular flexibility index (Phi) is 5.68. The summed E-state index contributed by atoms with van der Waals surface area (Å²) in [4.78, 5) is 11.2. The highest BCUT2D eigenvalue weighted by molar-refractivity contribution is 5.82. The number of carbonyl (C=O) groups excluding carboxylic acids is 1. The van der Waals surface area contributed by atoms with E-state index >= 15 is 0 Å². The van der Waals surface area contributed by atoms with Crippen LogP contribution in [0.3, 0.4) is 0 Å². The lowest BCUT2D eigenvalue weighted by atomic mass is 10.0. The fraction of sp³-hybridized carbons (Fsp3) is 0.211. The molecule has 24 heavy (non-hydrogen) atoms. The Bertz CT molecular complexity index is 704. The first kappa shape index (κ1) is 17.7. The summed E-state index contributed by atoms with van der Waals surface area (Å²) in [7, 11) is 1.58. The van der Waals surface area contributed by atoms with E-state index in [0.29, 0.717) is 6.08 Å². The van der Waals surface area contributed by atoms with Crippen LogP contribution in [0.4, 0.5) is 8.78 Å². The zero-order valence-corrected chi connectivity index (χ0v) is 13.5. The van der Waals surface area contributed by atoms with Crippen molar-refractivity contribution in [2.75, 3.05) is 13.7 Å². The van der Waals surface area contributed by atoms with Gasteiger partial charge in [-0.15, -0.1) is 0 Å². The molecule has 2 rings (SSSR count). The molecule has 0 fully saturated rings. The van der Waals surface area contributed by atoms with E-state index < -0.39 is 11.9 Å². The topological polar surface area (TPSA) is 35.5 Å². The monoisotopic (exact) mass is 332 g/mol. The minimum absolute atomic E-state index is 0.144. The van der Waals surface area contributed by atoms with E-state index in [2.05, 4.69) is 4.74 Å². The molecule has 2 aromatic carbocycles. The van der Waals surface area contributed by atoms with Crippen LogP contribution in [-0.4, -0.2) is 19.7 Å². The number of halogens is 2. The molecule has 2 aromatic rings. The molecule has 3 nitrogen and oxygen atoms in total. The van der Waals surface area contributed by atoms with Crippen molar-refractivity contribution in [2.45, 2.75) is 12.8 Å². The summed E-state index contributed by atoms with van der Waals surface area (Å²) >= 11 is 0. The molecule has 0 radical (unpaired) electrons.